The third kappa shape index (κ3) is 5.61. The van der Waals surface area contributed by atoms with Gasteiger partial charge in [0.1, 0.15) is 0 Å². The Morgan fingerprint density at radius 1 is 1.14 bits per heavy atom. The van der Waals surface area contributed by atoms with E-state index in [9.17, 15) is 9.59 Å². The monoisotopic (exact) mass is 389 g/mol. The number of nitrogens with one attached hydrogen (secondary N) is 2. The third-order valence-electron chi connectivity index (χ3n) is 5.38. The molecule has 7 nitrogen and oxygen atoms in total. The summed E-state index contributed by atoms with van der Waals surface area (Å²) < 4.78 is 10.7. The number of rotatable bonds is 10. The molecule has 7 heteroatoms. The molecule has 0 atom stereocenters. The van der Waals surface area contributed by atoms with Gasteiger partial charge in [-0.05, 0) is 61.4 Å². The number of methoxy groups -OCH3 is 2. The first-order valence-electron chi connectivity index (χ1n) is 10.1. The molecule has 154 valence electrons. The van der Waals surface area contributed by atoms with Gasteiger partial charge in [-0.2, -0.15) is 0 Å². The van der Waals surface area contributed by atoms with Crippen molar-refractivity contribution in [2.45, 2.75) is 38.6 Å². The van der Waals surface area contributed by atoms with Crippen LogP contribution in [0.5, 0.6) is 11.5 Å². The molecular weight excluding hydrogens is 358 g/mol. The minimum Gasteiger partial charge on any atom is -0.493 e. The predicted molar refractivity (Wildman–Crippen MR) is 107 cm³/mol. The van der Waals surface area contributed by atoms with E-state index < -0.39 is 0 Å². The minimum atomic E-state index is 0.000964. The number of ether oxygens (including phenoxy) is 2. The fourth-order valence-electron chi connectivity index (χ4n) is 3.50. The minimum absolute atomic E-state index is 0.000964. The van der Waals surface area contributed by atoms with Crippen LogP contribution in [0.25, 0.3) is 0 Å². The van der Waals surface area contributed by atoms with Crippen molar-refractivity contribution in [1.29, 1.82) is 0 Å². The molecule has 1 saturated carbocycles. The van der Waals surface area contributed by atoms with E-state index in [-0.39, 0.29) is 11.8 Å². The lowest BCUT2D eigenvalue weighted by Crippen LogP contribution is -2.37. The number of fused-ring (bicyclic) bond motifs is 1. The smallest absolute Gasteiger partial charge is 0.233 e. The Bertz CT molecular complexity index is 703. The van der Waals surface area contributed by atoms with Crippen LogP contribution in [-0.2, 0) is 22.6 Å². The number of benzene rings is 1. The molecule has 3 rings (SSSR count). The molecular formula is C21H31N3O4. The van der Waals surface area contributed by atoms with E-state index in [4.69, 9.17) is 9.47 Å². The van der Waals surface area contributed by atoms with E-state index in [1.807, 2.05) is 17.0 Å². The first kappa shape index (κ1) is 20.5. The molecule has 1 aromatic carbocycles. The molecule has 0 bridgehead atoms. The highest BCUT2D eigenvalue weighted by molar-refractivity contribution is 5.78. The topological polar surface area (TPSA) is 79.9 Å². The number of hydrogen-bond donors (Lipinski definition) is 2. The highest BCUT2D eigenvalue weighted by Crippen LogP contribution is 2.33. The quantitative estimate of drug-likeness (QED) is 0.593. The summed E-state index contributed by atoms with van der Waals surface area (Å²) in [6.07, 6.45) is 4.46. The average Bonchev–Trinajstić information content (AvgIpc) is 3.53. The molecule has 0 saturated heterocycles. The Kier molecular flexibility index (Phi) is 7.14. The largest absolute Gasteiger partial charge is 0.493 e. The Morgan fingerprint density at radius 2 is 1.86 bits per heavy atom. The van der Waals surface area contributed by atoms with E-state index in [1.54, 1.807) is 14.2 Å². The lowest BCUT2D eigenvalue weighted by atomic mass is 9.98. The molecule has 0 spiro atoms. The van der Waals surface area contributed by atoms with Crippen LogP contribution in [0.3, 0.4) is 0 Å². The second kappa shape index (κ2) is 9.78. The molecule has 0 radical (unpaired) electrons. The molecule has 0 aromatic heterocycles. The Hall–Kier alpha value is -2.28. The summed E-state index contributed by atoms with van der Waals surface area (Å²) in [4.78, 5) is 26.2. The maximum atomic E-state index is 12.5. The van der Waals surface area contributed by atoms with Gasteiger partial charge < -0.3 is 25.0 Å². The summed E-state index contributed by atoms with van der Waals surface area (Å²) in [7, 11) is 3.25. The van der Waals surface area contributed by atoms with E-state index in [0.29, 0.717) is 44.8 Å². The normalized spacial score (nSPS) is 15.7. The fourth-order valence-corrected chi connectivity index (χ4v) is 3.50. The second-order valence-electron chi connectivity index (χ2n) is 7.57. The maximum absolute atomic E-state index is 12.5. The van der Waals surface area contributed by atoms with E-state index in [1.165, 1.54) is 18.4 Å². The zero-order chi connectivity index (χ0) is 19.9. The van der Waals surface area contributed by atoms with E-state index in [2.05, 4.69) is 10.6 Å². The van der Waals surface area contributed by atoms with Gasteiger partial charge in [-0.25, -0.2) is 0 Å². The Morgan fingerprint density at radius 3 is 2.54 bits per heavy atom. The van der Waals surface area contributed by atoms with Crippen molar-refractivity contribution in [2.75, 3.05) is 40.4 Å². The van der Waals surface area contributed by atoms with Gasteiger partial charge >= 0.3 is 0 Å². The standard InChI is InChI=1S/C21H31N3O4/c1-27-18-10-16-7-9-24(14-17(16)11-19(18)28-2)21(26)4-3-8-23-20(25)13-22-12-15-5-6-15/h10-11,15,22H,3-9,12-14H2,1-2H3,(H,23,25). The Labute approximate surface area is 166 Å². The van der Waals surface area contributed by atoms with Crippen LogP contribution in [-0.4, -0.2) is 57.1 Å². The van der Waals surface area contributed by atoms with E-state index in [0.717, 1.165) is 30.2 Å². The van der Waals surface area contributed by atoms with Crippen molar-refractivity contribution in [3.63, 3.8) is 0 Å². The molecule has 1 aliphatic carbocycles. The van der Waals surface area contributed by atoms with Gasteiger partial charge in [-0.15, -0.1) is 0 Å². The number of carbonyl (C=O) groups excluding carboxylic acids is 2. The molecule has 1 aliphatic heterocycles. The van der Waals surface area contributed by atoms with Crippen molar-refractivity contribution < 1.29 is 19.1 Å². The first-order valence-corrected chi connectivity index (χ1v) is 10.1. The van der Waals surface area contributed by atoms with Gasteiger partial charge in [0, 0.05) is 26.1 Å². The summed E-state index contributed by atoms with van der Waals surface area (Å²) in [5.74, 6) is 2.31. The first-order chi connectivity index (χ1) is 13.6. The van der Waals surface area contributed by atoms with Crippen LogP contribution in [0.4, 0.5) is 0 Å². The maximum Gasteiger partial charge on any atom is 0.233 e. The van der Waals surface area contributed by atoms with Gasteiger partial charge in [0.15, 0.2) is 11.5 Å². The Balaban J connectivity index is 1.38. The van der Waals surface area contributed by atoms with Crippen LogP contribution >= 0.6 is 0 Å². The second-order valence-corrected chi connectivity index (χ2v) is 7.57. The van der Waals surface area contributed by atoms with Crippen LogP contribution < -0.4 is 20.1 Å². The van der Waals surface area contributed by atoms with Gasteiger partial charge in [-0.3, -0.25) is 9.59 Å². The van der Waals surface area contributed by atoms with Gasteiger partial charge in [0.25, 0.3) is 0 Å². The van der Waals surface area contributed by atoms with Crippen molar-refractivity contribution >= 4 is 11.8 Å². The van der Waals surface area contributed by atoms with Crippen molar-refractivity contribution in [3.8, 4) is 11.5 Å². The zero-order valence-electron chi connectivity index (χ0n) is 16.9. The molecule has 1 aromatic rings. The average molecular weight is 389 g/mol. The van der Waals surface area contributed by atoms with Gasteiger partial charge in [-0.1, -0.05) is 0 Å². The molecule has 1 heterocycles. The number of amides is 2. The van der Waals surface area contributed by atoms with Gasteiger partial charge in [0.2, 0.25) is 11.8 Å². The van der Waals surface area contributed by atoms with Crippen molar-refractivity contribution in [3.05, 3.63) is 23.3 Å². The number of nitrogens with zero attached hydrogens (tertiary/aromatic N) is 1. The zero-order valence-corrected chi connectivity index (χ0v) is 16.9. The fraction of sp³-hybridized carbons (Fsp3) is 0.619. The van der Waals surface area contributed by atoms with Crippen LogP contribution in [0.2, 0.25) is 0 Å². The van der Waals surface area contributed by atoms with Crippen molar-refractivity contribution in [2.24, 2.45) is 5.92 Å². The van der Waals surface area contributed by atoms with Crippen LogP contribution in [0, 0.1) is 5.92 Å². The highest BCUT2D eigenvalue weighted by atomic mass is 16.5. The lowest BCUT2D eigenvalue weighted by Gasteiger charge is -2.29. The lowest BCUT2D eigenvalue weighted by molar-refractivity contribution is -0.132. The van der Waals surface area contributed by atoms with Crippen LogP contribution in [0.15, 0.2) is 12.1 Å². The summed E-state index contributed by atoms with van der Waals surface area (Å²) in [6.45, 7) is 3.12. The highest BCUT2D eigenvalue weighted by Gasteiger charge is 2.23. The van der Waals surface area contributed by atoms with E-state index >= 15 is 0 Å². The van der Waals surface area contributed by atoms with Gasteiger partial charge in [0.05, 0.1) is 20.8 Å². The number of hydrogen-bond acceptors (Lipinski definition) is 5. The summed E-state index contributed by atoms with van der Waals surface area (Å²) >= 11 is 0. The summed E-state index contributed by atoms with van der Waals surface area (Å²) in [6, 6.07) is 3.96. The summed E-state index contributed by atoms with van der Waals surface area (Å²) in [5.41, 5.74) is 2.31. The predicted octanol–water partition coefficient (Wildman–Crippen LogP) is 1.48. The molecule has 2 aliphatic rings. The van der Waals surface area contributed by atoms with Crippen LogP contribution in [0.1, 0.15) is 36.8 Å². The molecule has 2 amide bonds. The summed E-state index contributed by atoms with van der Waals surface area (Å²) in [5, 5.41) is 6.04. The van der Waals surface area contributed by atoms with Crippen molar-refractivity contribution in [1.82, 2.24) is 15.5 Å². The molecule has 2 N–H and O–H groups in total. The molecule has 28 heavy (non-hydrogen) atoms. The third-order valence-corrected chi connectivity index (χ3v) is 5.38. The SMILES string of the molecule is COc1cc2c(cc1OC)CN(C(=O)CCCNC(=O)CNCC1CC1)CC2. The molecule has 1 fully saturated rings. The number of carbonyl (C=O) groups is 2. The molecule has 0 unspecified atom stereocenters.